The topological polar surface area (TPSA) is 3.24 Å². The summed E-state index contributed by atoms with van der Waals surface area (Å²) in [6.45, 7) is 0. The van der Waals surface area contributed by atoms with E-state index in [1.54, 1.807) is 11.1 Å². The highest BCUT2D eigenvalue weighted by Crippen LogP contribution is 2.66. The summed E-state index contributed by atoms with van der Waals surface area (Å²) in [5.74, 6) is 3.52. The molecule has 0 amide bonds. The molecule has 1 spiro atoms. The zero-order chi connectivity index (χ0) is 28.1. The van der Waals surface area contributed by atoms with Crippen LogP contribution in [0.4, 0.5) is 17.1 Å². The lowest BCUT2D eigenvalue weighted by molar-refractivity contribution is -0.0103. The Balaban J connectivity index is 1.18. The molecule has 2 heteroatoms. The van der Waals surface area contributed by atoms with E-state index in [1.165, 1.54) is 86.9 Å². The molecule has 1 aromatic heterocycles. The molecule has 4 aliphatic carbocycles. The second-order valence-electron chi connectivity index (χ2n) is 13.8. The molecule has 3 saturated carbocycles. The van der Waals surface area contributed by atoms with E-state index in [0.717, 1.165) is 23.7 Å². The highest BCUT2D eigenvalue weighted by molar-refractivity contribution is 7.25. The van der Waals surface area contributed by atoms with Gasteiger partial charge in [0.05, 0.1) is 0 Å². The van der Waals surface area contributed by atoms with Gasteiger partial charge >= 0.3 is 0 Å². The molecule has 10 rings (SSSR count). The van der Waals surface area contributed by atoms with Crippen LogP contribution in [0.1, 0.15) is 49.7 Å². The summed E-state index contributed by atoms with van der Waals surface area (Å²) in [7, 11) is 0. The van der Waals surface area contributed by atoms with Gasteiger partial charge in [-0.2, -0.15) is 0 Å². The maximum atomic E-state index is 2.61. The quantitative estimate of drug-likeness (QED) is 0.203. The minimum absolute atomic E-state index is 0.153. The van der Waals surface area contributed by atoms with E-state index < -0.39 is 0 Å². The van der Waals surface area contributed by atoms with Crippen molar-refractivity contribution in [3.05, 3.63) is 126 Å². The third kappa shape index (κ3) is 3.45. The van der Waals surface area contributed by atoms with Gasteiger partial charge in [-0.15, -0.1) is 11.3 Å². The minimum atomic E-state index is 0.153. The summed E-state index contributed by atoms with van der Waals surface area (Å²) < 4.78 is 2.71. The maximum Gasteiger partial charge on any atom is 0.0476 e. The first-order valence-electron chi connectivity index (χ1n) is 16.3. The molecule has 0 radical (unpaired) electrons. The molecule has 3 fully saturated rings. The second-order valence-corrected chi connectivity index (χ2v) is 14.9. The van der Waals surface area contributed by atoms with Crippen LogP contribution in [-0.2, 0) is 5.41 Å². The zero-order valence-electron chi connectivity index (χ0n) is 24.4. The number of hydrogen-bond donors (Lipinski definition) is 0. The Labute approximate surface area is 257 Å². The summed E-state index contributed by atoms with van der Waals surface area (Å²) in [5, 5.41) is 2.71. The van der Waals surface area contributed by atoms with Gasteiger partial charge in [-0.3, -0.25) is 0 Å². The van der Waals surface area contributed by atoms with Gasteiger partial charge in [0.15, 0.2) is 0 Å². The number of nitrogens with zero attached hydrogens (tertiary/aromatic N) is 1. The van der Waals surface area contributed by atoms with Crippen LogP contribution >= 0.6 is 11.3 Å². The van der Waals surface area contributed by atoms with E-state index >= 15 is 0 Å². The molecule has 0 aliphatic heterocycles. The molecule has 43 heavy (non-hydrogen) atoms. The number of benzene rings is 5. The fraction of sp³-hybridized carbons (Fsp3) is 0.268. The summed E-state index contributed by atoms with van der Waals surface area (Å²) in [5.41, 5.74) is 10.1. The molecule has 3 bridgehead atoms. The molecule has 5 atom stereocenters. The number of thiophene rings is 1. The number of para-hydroxylation sites is 1. The highest BCUT2D eigenvalue weighted by Gasteiger charge is 2.57. The molecule has 0 saturated heterocycles. The van der Waals surface area contributed by atoms with Crippen LogP contribution in [0.5, 0.6) is 0 Å². The average molecular weight is 574 g/mol. The van der Waals surface area contributed by atoms with E-state index in [2.05, 4.69) is 120 Å². The minimum Gasteiger partial charge on any atom is -0.310 e. The van der Waals surface area contributed by atoms with Crippen LogP contribution in [0.25, 0.3) is 31.3 Å². The van der Waals surface area contributed by atoms with Crippen LogP contribution in [0.15, 0.2) is 115 Å². The predicted molar refractivity (Wildman–Crippen MR) is 182 cm³/mol. The van der Waals surface area contributed by atoms with Crippen LogP contribution < -0.4 is 4.90 Å². The predicted octanol–water partition coefficient (Wildman–Crippen LogP) is 11.6. The van der Waals surface area contributed by atoms with Crippen molar-refractivity contribution in [2.45, 2.75) is 43.9 Å². The third-order valence-electron chi connectivity index (χ3n) is 11.8. The highest BCUT2D eigenvalue weighted by atomic mass is 32.1. The van der Waals surface area contributed by atoms with E-state index in [1.807, 2.05) is 11.3 Å². The van der Waals surface area contributed by atoms with Crippen LogP contribution in [0, 0.1) is 23.7 Å². The van der Waals surface area contributed by atoms with Crippen molar-refractivity contribution < 1.29 is 0 Å². The van der Waals surface area contributed by atoms with Gasteiger partial charge in [-0.05, 0) is 120 Å². The molecule has 5 aromatic carbocycles. The summed E-state index contributed by atoms with van der Waals surface area (Å²) in [4.78, 5) is 2.50. The zero-order valence-corrected chi connectivity index (χ0v) is 25.2. The molecule has 6 aromatic rings. The Kier molecular flexibility index (Phi) is 5.18. The van der Waals surface area contributed by atoms with Crippen molar-refractivity contribution in [2.24, 2.45) is 23.7 Å². The average Bonchev–Trinajstić information content (AvgIpc) is 3.56. The van der Waals surface area contributed by atoms with Crippen LogP contribution in [-0.4, -0.2) is 0 Å². The SMILES string of the molecule is c1ccc(N(c2ccc3c(c2)C2(CC4CCC5CC4CC2C5)c2ccccc2-3)c2ccc3c(c2)sc2ccccc23)cc1. The first-order chi connectivity index (χ1) is 21.3. The lowest BCUT2D eigenvalue weighted by atomic mass is 9.47. The van der Waals surface area contributed by atoms with E-state index in [4.69, 9.17) is 0 Å². The Bertz CT molecular complexity index is 2040. The normalized spacial score (nSPS) is 26.6. The van der Waals surface area contributed by atoms with Gasteiger partial charge in [0.1, 0.15) is 0 Å². The van der Waals surface area contributed by atoms with Crippen LogP contribution in [0.2, 0.25) is 0 Å². The van der Waals surface area contributed by atoms with E-state index in [9.17, 15) is 0 Å². The molecular formula is C41H35NS. The molecular weight excluding hydrogens is 539 g/mol. The molecule has 1 nitrogen and oxygen atoms in total. The largest absolute Gasteiger partial charge is 0.310 e. The fourth-order valence-corrected chi connectivity index (χ4v) is 11.2. The number of hydrogen-bond acceptors (Lipinski definition) is 2. The van der Waals surface area contributed by atoms with Crippen molar-refractivity contribution in [3.8, 4) is 11.1 Å². The Morgan fingerprint density at radius 1 is 0.558 bits per heavy atom. The Morgan fingerprint density at radius 3 is 2.28 bits per heavy atom. The summed E-state index contributed by atoms with van der Waals surface area (Å²) in [6, 6.07) is 43.8. The Morgan fingerprint density at radius 2 is 1.33 bits per heavy atom. The van der Waals surface area contributed by atoms with Gasteiger partial charge in [0.25, 0.3) is 0 Å². The van der Waals surface area contributed by atoms with Crippen molar-refractivity contribution in [2.75, 3.05) is 4.90 Å². The Hall–Kier alpha value is -3.88. The summed E-state index contributed by atoms with van der Waals surface area (Å²) >= 11 is 1.90. The van der Waals surface area contributed by atoms with Gasteiger partial charge in [0.2, 0.25) is 0 Å². The van der Waals surface area contributed by atoms with Crippen LogP contribution in [0.3, 0.4) is 0 Å². The molecule has 4 aliphatic rings. The first kappa shape index (κ1) is 24.6. The second kappa shape index (κ2) is 9.07. The van der Waals surface area contributed by atoms with E-state index in [0.29, 0.717) is 0 Å². The van der Waals surface area contributed by atoms with Crippen molar-refractivity contribution in [3.63, 3.8) is 0 Å². The number of rotatable bonds is 3. The maximum absolute atomic E-state index is 2.61. The van der Waals surface area contributed by atoms with Gasteiger partial charge in [0, 0.05) is 42.6 Å². The van der Waals surface area contributed by atoms with Crippen molar-refractivity contribution >= 4 is 48.6 Å². The smallest absolute Gasteiger partial charge is 0.0476 e. The number of fused-ring (bicyclic) bond motifs is 11. The van der Waals surface area contributed by atoms with Crippen molar-refractivity contribution in [1.29, 1.82) is 0 Å². The molecule has 210 valence electrons. The number of anilines is 3. The molecule has 1 heterocycles. The first-order valence-corrected chi connectivity index (χ1v) is 17.1. The lowest BCUT2D eigenvalue weighted by Crippen LogP contribution is -2.50. The summed E-state index contributed by atoms with van der Waals surface area (Å²) in [6.07, 6.45) is 8.56. The standard InChI is InChI=1S/C41H35NS/c1-2-8-30(9-3-1)42(32-17-19-36-35-11-5-7-13-39(35)43-40(36)24-32)31-16-18-34-33-10-4-6-12-37(33)41(38(34)23-31)25-27-15-14-26-20-28(27)22-29(41)21-26/h1-13,16-19,23-24,26-29H,14-15,20-22,25H2. The monoisotopic (exact) mass is 573 g/mol. The van der Waals surface area contributed by atoms with Gasteiger partial charge in [-0.1, -0.05) is 79.2 Å². The van der Waals surface area contributed by atoms with E-state index in [-0.39, 0.29) is 5.41 Å². The van der Waals surface area contributed by atoms with Gasteiger partial charge < -0.3 is 4.90 Å². The molecule has 0 N–H and O–H groups in total. The fourth-order valence-electron chi connectivity index (χ4n) is 10.1. The van der Waals surface area contributed by atoms with Crippen molar-refractivity contribution in [1.82, 2.24) is 0 Å². The molecule has 5 unspecified atom stereocenters. The third-order valence-corrected chi connectivity index (χ3v) is 12.9. The van der Waals surface area contributed by atoms with Gasteiger partial charge in [-0.25, -0.2) is 0 Å². The lowest BCUT2D eigenvalue weighted by Gasteiger charge is -2.57.